The van der Waals surface area contributed by atoms with Gasteiger partial charge in [-0.05, 0) is 6.42 Å². The van der Waals surface area contributed by atoms with Crippen LogP contribution in [0.4, 0.5) is 0 Å². The molecule has 0 aliphatic heterocycles. The van der Waals surface area contributed by atoms with Crippen molar-refractivity contribution in [2.24, 2.45) is 5.73 Å². The number of hydrogen-bond donors (Lipinski definition) is 1. The third kappa shape index (κ3) is 9.26. The number of esters is 1. The van der Waals surface area contributed by atoms with Crippen molar-refractivity contribution >= 4 is 5.97 Å². The van der Waals surface area contributed by atoms with Crippen LogP contribution >= 0.6 is 0 Å². The molecule has 0 saturated carbocycles. The average molecular weight is 191 g/mol. The fraction of sp³-hybridized carbons (Fsp3) is 0.875. The van der Waals surface area contributed by atoms with E-state index in [4.69, 9.17) is 15.2 Å². The molecule has 0 spiro atoms. The molecule has 0 aromatic heterocycles. The number of carbonyl (C=O) groups is 1. The number of hydrogen-bond acceptors (Lipinski definition) is 5. The third-order valence-electron chi connectivity index (χ3n) is 1.29. The highest BCUT2D eigenvalue weighted by molar-refractivity contribution is 5.71. The van der Waals surface area contributed by atoms with Gasteiger partial charge in [-0.15, -0.1) is 0 Å². The van der Waals surface area contributed by atoms with Crippen molar-refractivity contribution in [2.45, 2.75) is 6.42 Å². The van der Waals surface area contributed by atoms with Crippen LogP contribution in [0.5, 0.6) is 0 Å². The average Bonchev–Trinajstić information content (AvgIpc) is 2.16. The van der Waals surface area contributed by atoms with Crippen LogP contribution in [0.3, 0.4) is 0 Å². The second-order valence-corrected chi connectivity index (χ2v) is 2.38. The van der Waals surface area contributed by atoms with Crippen LogP contribution in [0, 0.1) is 0 Å². The second-order valence-electron chi connectivity index (χ2n) is 2.38. The first-order valence-corrected chi connectivity index (χ1v) is 4.23. The molecule has 0 aromatic carbocycles. The van der Waals surface area contributed by atoms with Crippen LogP contribution in [-0.4, -0.2) is 46.1 Å². The molecule has 0 aliphatic rings. The Balaban J connectivity index is 2.95. The summed E-state index contributed by atoms with van der Waals surface area (Å²) in [5, 5.41) is 0. The van der Waals surface area contributed by atoms with E-state index in [1.54, 1.807) is 7.11 Å². The monoisotopic (exact) mass is 191 g/mol. The summed E-state index contributed by atoms with van der Waals surface area (Å²) in [5.74, 6) is -0.402. The molecule has 0 aromatic rings. The zero-order valence-corrected chi connectivity index (χ0v) is 7.95. The Morgan fingerprint density at radius 1 is 1.23 bits per heavy atom. The van der Waals surface area contributed by atoms with Gasteiger partial charge in [-0.3, -0.25) is 4.79 Å². The van der Waals surface area contributed by atoms with Crippen molar-refractivity contribution < 1.29 is 19.0 Å². The lowest BCUT2D eigenvalue weighted by Gasteiger charge is -2.04. The molecular weight excluding hydrogens is 174 g/mol. The Morgan fingerprint density at radius 3 is 2.62 bits per heavy atom. The van der Waals surface area contributed by atoms with E-state index in [0.29, 0.717) is 19.8 Å². The summed E-state index contributed by atoms with van der Waals surface area (Å²) in [4.78, 5) is 10.5. The Morgan fingerprint density at radius 2 is 2.00 bits per heavy atom. The van der Waals surface area contributed by atoms with E-state index in [-0.39, 0.29) is 13.2 Å². The fourth-order valence-corrected chi connectivity index (χ4v) is 0.681. The Kier molecular flexibility index (Phi) is 8.97. The maximum absolute atomic E-state index is 10.5. The predicted octanol–water partition coefficient (Wildman–Crippen LogP) is -0.459. The largest absolute Gasteiger partial charge is 0.462 e. The molecule has 0 radical (unpaired) electrons. The van der Waals surface area contributed by atoms with Crippen molar-refractivity contribution in [1.29, 1.82) is 0 Å². The number of rotatable bonds is 8. The van der Waals surface area contributed by atoms with E-state index in [9.17, 15) is 4.79 Å². The smallest absolute Gasteiger partial charge is 0.319 e. The van der Waals surface area contributed by atoms with Crippen LogP contribution in [0.15, 0.2) is 0 Å². The Bertz CT molecular complexity index is 129. The Labute approximate surface area is 78.1 Å². The first-order valence-electron chi connectivity index (χ1n) is 4.23. The molecule has 0 bridgehead atoms. The number of nitrogens with two attached hydrogens (primary N) is 1. The number of carbonyl (C=O) groups excluding carboxylic acids is 1. The van der Waals surface area contributed by atoms with Gasteiger partial charge in [-0.1, -0.05) is 0 Å². The van der Waals surface area contributed by atoms with Crippen LogP contribution in [0.1, 0.15) is 6.42 Å². The normalized spacial score (nSPS) is 10.0. The predicted molar refractivity (Wildman–Crippen MR) is 47.3 cm³/mol. The van der Waals surface area contributed by atoms with E-state index in [0.717, 1.165) is 6.42 Å². The van der Waals surface area contributed by atoms with Gasteiger partial charge in [-0.2, -0.15) is 0 Å². The van der Waals surface area contributed by atoms with Crippen molar-refractivity contribution in [3.63, 3.8) is 0 Å². The molecule has 0 saturated heterocycles. The minimum absolute atomic E-state index is 0.0797. The lowest BCUT2D eigenvalue weighted by atomic mass is 10.5. The van der Waals surface area contributed by atoms with Gasteiger partial charge in [-0.25, -0.2) is 0 Å². The van der Waals surface area contributed by atoms with Crippen molar-refractivity contribution in [1.82, 2.24) is 0 Å². The lowest BCUT2D eigenvalue weighted by molar-refractivity contribution is -0.143. The molecule has 5 nitrogen and oxygen atoms in total. The topological polar surface area (TPSA) is 70.8 Å². The molecule has 5 heteroatoms. The van der Waals surface area contributed by atoms with Crippen molar-refractivity contribution in [2.75, 3.05) is 40.1 Å². The lowest BCUT2D eigenvalue weighted by Crippen LogP contribution is -2.19. The minimum atomic E-state index is -0.402. The molecule has 0 aliphatic carbocycles. The fourth-order valence-electron chi connectivity index (χ4n) is 0.681. The number of methoxy groups -OCH3 is 1. The third-order valence-corrected chi connectivity index (χ3v) is 1.29. The van der Waals surface area contributed by atoms with E-state index in [2.05, 4.69) is 4.74 Å². The molecule has 0 atom stereocenters. The summed E-state index contributed by atoms with van der Waals surface area (Å²) in [7, 11) is 1.64. The molecule has 0 fully saturated rings. The zero-order chi connectivity index (χ0) is 9.94. The van der Waals surface area contributed by atoms with Crippen molar-refractivity contribution in [3.05, 3.63) is 0 Å². The zero-order valence-electron chi connectivity index (χ0n) is 7.95. The van der Waals surface area contributed by atoms with Crippen LogP contribution in [0.25, 0.3) is 0 Å². The standard InChI is InChI=1S/C8H17NO4/c1-11-3-2-4-12-5-6-13-8(10)7-9/h2-7,9H2,1H3. The van der Waals surface area contributed by atoms with Gasteiger partial charge in [0.25, 0.3) is 0 Å². The van der Waals surface area contributed by atoms with Gasteiger partial charge in [0, 0.05) is 20.3 Å². The first kappa shape index (κ1) is 12.3. The van der Waals surface area contributed by atoms with Gasteiger partial charge in [0.15, 0.2) is 0 Å². The maximum Gasteiger partial charge on any atom is 0.319 e. The summed E-state index contributed by atoms with van der Waals surface area (Å²) >= 11 is 0. The van der Waals surface area contributed by atoms with Crippen molar-refractivity contribution in [3.8, 4) is 0 Å². The molecular formula is C8H17NO4. The summed E-state index contributed by atoms with van der Waals surface area (Å²) in [6.07, 6.45) is 0.849. The summed E-state index contributed by atoms with van der Waals surface area (Å²) in [6.45, 7) is 1.90. The highest BCUT2D eigenvalue weighted by atomic mass is 16.6. The summed E-state index contributed by atoms with van der Waals surface area (Å²) in [5.41, 5.74) is 5.02. The van der Waals surface area contributed by atoms with E-state index >= 15 is 0 Å². The quantitative estimate of drug-likeness (QED) is 0.415. The van der Waals surface area contributed by atoms with Crippen LogP contribution in [-0.2, 0) is 19.0 Å². The first-order chi connectivity index (χ1) is 6.31. The highest BCUT2D eigenvalue weighted by Crippen LogP contribution is 1.84. The molecule has 0 rings (SSSR count). The molecule has 0 amide bonds. The molecule has 2 N–H and O–H groups in total. The van der Waals surface area contributed by atoms with Gasteiger partial charge in [0.05, 0.1) is 13.2 Å². The van der Waals surface area contributed by atoms with E-state index in [1.807, 2.05) is 0 Å². The number of ether oxygens (including phenoxy) is 3. The summed E-state index contributed by atoms with van der Waals surface area (Å²) in [6, 6.07) is 0. The van der Waals surface area contributed by atoms with Gasteiger partial charge in [0.1, 0.15) is 6.61 Å². The van der Waals surface area contributed by atoms with E-state index < -0.39 is 5.97 Å². The Hall–Kier alpha value is -0.650. The van der Waals surface area contributed by atoms with Gasteiger partial charge < -0.3 is 19.9 Å². The SMILES string of the molecule is COCCCOCCOC(=O)CN. The maximum atomic E-state index is 10.5. The summed E-state index contributed by atoms with van der Waals surface area (Å²) < 4.78 is 14.6. The second kappa shape index (κ2) is 9.44. The van der Waals surface area contributed by atoms with Gasteiger partial charge >= 0.3 is 5.97 Å². The van der Waals surface area contributed by atoms with E-state index in [1.165, 1.54) is 0 Å². The van der Waals surface area contributed by atoms with Gasteiger partial charge in [0.2, 0.25) is 0 Å². The highest BCUT2D eigenvalue weighted by Gasteiger charge is 1.96. The van der Waals surface area contributed by atoms with Crippen LogP contribution < -0.4 is 5.73 Å². The molecule has 13 heavy (non-hydrogen) atoms. The molecule has 78 valence electrons. The molecule has 0 unspecified atom stereocenters. The van der Waals surface area contributed by atoms with Crippen LogP contribution in [0.2, 0.25) is 0 Å². The minimum Gasteiger partial charge on any atom is -0.462 e. The molecule has 0 heterocycles.